The molecule has 0 saturated heterocycles. The van der Waals surface area contributed by atoms with Crippen molar-refractivity contribution in [3.05, 3.63) is 82.9 Å². The third-order valence-electron chi connectivity index (χ3n) is 7.66. The first-order valence-electron chi connectivity index (χ1n) is 16.3. The fourth-order valence-corrected chi connectivity index (χ4v) is 5.39. The highest BCUT2D eigenvalue weighted by Crippen LogP contribution is 2.32. The summed E-state index contributed by atoms with van der Waals surface area (Å²) in [6.07, 6.45) is -0.683. The molecule has 0 aliphatic heterocycles. The quantitative estimate of drug-likeness (QED) is 0.0540. The van der Waals surface area contributed by atoms with Crippen LogP contribution in [0.3, 0.4) is 0 Å². The predicted octanol–water partition coefficient (Wildman–Crippen LogP) is 5.04. The first kappa shape index (κ1) is 39.0. The van der Waals surface area contributed by atoms with Crippen molar-refractivity contribution in [2.45, 2.75) is 65.0 Å². The molecule has 5 amide bonds. The Morgan fingerprint density at radius 2 is 1.55 bits per heavy atom. The number of rotatable bonds is 20. The van der Waals surface area contributed by atoms with Crippen molar-refractivity contribution in [3.63, 3.8) is 0 Å². The van der Waals surface area contributed by atoms with Crippen LogP contribution in [0.25, 0.3) is 10.8 Å². The number of benzene rings is 3. The van der Waals surface area contributed by atoms with E-state index < -0.39 is 48.9 Å². The van der Waals surface area contributed by atoms with Gasteiger partial charge in [-0.2, -0.15) is 0 Å². The number of carbonyl (C=O) groups is 4. The van der Waals surface area contributed by atoms with Crippen molar-refractivity contribution in [1.82, 2.24) is 26.7 Å². The van der Waals surface area contributed by atoms with E-state index in [-0.39, 0.29) is 25.4 Å². The van der Waals surface area contributed by atoms with Gasteiger partial charge in [-0.1, -0.05) is 73.1 Å². The average molecular weight is 700 g/mol. The lowest BCUT2D eigenvalue weighted by Gasteiger charge is -2.33. The number of unbranched alkanes of at least 4 members (excludes halogenated alkanes) is 1. The first-order valence-corrected chi connectivity index (χ1v) is 16.7. The second-order valence-corrected chi connectivity index (χ2v) is 11.7. The molecule has 0 radical (unpaired) electrons. The smallest absolute Gasteiger partial charge is 0.404 e. The lowest BCUT2D eigenvalue weighted by atomic mass is 9.89. The highest BCUT2D eigenvalue weighted by atomic mass is 35.5. The molecule has 14 heteroatoms. The molecule has 0 saturated carbocycles. The van der Waals surface area contributed by atoms with E-state index >= 15 is 0 Å². The van der Waals surface area contributed by atoms with Crippen LogP contribution in [0.1, 0.15) is 57.2 Å². The molecular formula is C35H46ClN5O8. The molecule has 0 spiro atoms. The van der Waals surface area contributed by atoms with Gasteiger partial charge in [-0.05, 0) is 67.1 Å². The lowest BCUT2D eigenvalue weighted by Crippen LogP contribution is -2.51. The Morgan fingerprint density at radius 3 is 2.24 bits per heavy atom. The van der Waals surface area contributed by atoms with Gasteiger partial charge >= 0.3 is 12.1 Å². The van der Waals surface area contributed by atoms with Crippen LogP contribution in [0.15, 0.2) is 66.7 Å². The summed E-state index contributed by atoms with van der Waals surface area (Å²) in [7, 11) is 0. The molecule has 3 aromatic rings. The van der Waals surface area contributed by atoms with Crippen LogP contribution in [0.2, 0.25) is 5.02 Å². The molecule has 0 aromatic heterocycles. The van der Waals surface area contributed by atoms with Crippen molar-refractivity contribution < 1.29 is 38.6 Å². The van der Waals surface area contributed by atoms with Crippen LogP contribution in [0.5, 0.6) is 0 Å². The van der Waals surface area contributed by atoms with Gasteiger partial charge in [0.25, 0.3) is 0 Å². The number of fused-ring (bicyclic) bond motifs is 1. The maximum Gasteiger partial charge on any atom is 0.404 e. The van der Waals surface area contributed by atoms with Gasteiger partial charge in [0.1, 0.15) is 6.04 Å². The number of hydrogen-bond donors (Lipinski definition) is 6. The van der Waals surface area contributed by atoms with Gasteiger partial charge in [0, 0.05) is 37.2 Å². The largest absolute Gasteiger partial charge is 0.465 e. The topological polar surface area (TPSA) is 176 Å². The van der Waals surface area contributed by atoms with Gasteiger partial charge in [-0.15, -0.1) is 0 Å². The molecule has 1 unspecified atom stereocenters. The minimum absolute atomic E-state index is 0.190. The molecule has 13 nitrogen and oxygen atoms in total. The summed E-state index contributed by atoms with van der Waals surface area (Å²) in [5.41, 5.74) is 3.83. The maximum atomic E-state index is 14.0. The molecule has 0 bridgehead atoms. The molecule has 3 atom stereocenters. The Morgan fingerprint density at radius 1 is 0.857 bits per heavy atom. The predicted molar refractivity (Wildman–Crippen MR) is 186 cm³/mol. The minimum atomic E-state index is -1.14. The number of amides is 5. The highest BCUT2D eigenvalue weighted by molar-refractivity contribution is 6.30. The van der Waals surface area contributed by atoms with E-state index in [4.69, 9.17) is 31.0 Å². The summed E-state index contributed by atoms with van der Waals surface area (Å²) < 4.78 is 11.9. The van der Waals surface area contributed by atoms with Crippen LogP contribution in [-0.4, -0.2) is 67.7 Å². The number of nitrogens with one attached hydrogen (secondary N) is 5. The minimum Gasteiger partial charge on any atom is -0.465 e. The molecule has 49 heavy (non-hydrogen) atoms. The Labute approximate surface area is 291 Å². The average Bonchev–Trinajstić information content (AvgIpc) is 3.09. The zero-order valence-electron chi connectivity index (χ0n) is 28.0. The summed E-state index contributed by atoms with van der Waals surface area (Å²) in [5.74, 6) is -1.44. The third kappa shape index (κ3) is 13.2. The van der Waals surface area contributed by atoms with Gasteiger partial charge in [0.2, 0.25) is 11.8 Å². The summed E-state index contributed by atoms with van der Waals surface area (Å²) in [5, 5.41) is 22.2. The van der Waals surface area contributed by atoms with E-state index in [0.717, 1.165) is 21.9 Å². The fraction of sp³-hybridized carbons (Fsp3) is 0.429. The van der Waals surface area contributed by atoms with E-state index in [1.165, 1.54) is 0 Å². The summed E-state index contributed by atoms with van der Waals surface area (Å²) >= 11 is 5.89. The van der Waals surface area contributed by atoms with Gasteiger partial charge in [0.05, 0.1) is 6.04 Å². The Balaban J connectivity index is 1.73. The molecular weight excluding hydrogens is 654 g/mol. The number of urea groups is 1. The Bertz CT molecular complexity index is 1500. The van der Waals surface area contributed by atoms with Gasteiger partial charge < -0.3 is 35.8 Å². The molecule has 0 fully saturated rings. The van der Waals surface area contributed by atoms with Crippen LogP contribution in [0, 0.1) is 5.92 Å². The molecule has 3 rings (SSSR count). The number of halogens is 1. The van der Waals surface area contributed by atoms with Gasteiger partial charge in [-0.3, -0.25) is 14.4 Å². The second kappa shape index (κ2) is 20.8. The van der Waals surface area contributed by atoms with E-state index in [1.54, 1.807) is 24.3 Å². The molecule has 0 heterocycles. The van der Waals surface area contributed by atoms with Crippen molar-refractivity contribution in [2.75, 3.05) is 26.4 Å². The zero-order valence-corrected chi connectivity index (χ0v) is 28.8. The monoisotopic (exact) mass is 699 g/mol. The summed E-state index contributed by atoms with van der Waals surface area (Å²) in [6.45, 7) is 6.33. The molecule has 0 aliphatic rings. The first-order chi connectivity index (χ1) is 23.6. The fourth-order valence-electron chi connectivity index (χ4n) is 5.27. The van der Waals surface area contributed by atoms with Crippen LogP contribution in [0.4, 0.5) is 9.59 Å². The second-order valence-electron chi connectivity index (χ2n) is 11.2. The van der Waals surface area contributed by atoms with E-state index in [0.29, 0.717) is 31.1 Å². The Hall–Kier alpha value is -4.43. The standard InChI is InChI=1S/C35H46ClN5O8/c1-4-47-33(48-5-2)23(3)31(28-14-10-12-25-11-6-7-13-27(25)28)40-32(43)29(15-8-9-20-37-35(45)46)39-30(42)22-49-41-34(44)38-21-24-16-18-26(36)19-17-24/h6-7,10-14,16-19,23,29,31,33,37H,4-5,8-9,15,20-22H2,1-3H3,(H,39,42)(H,40,43)(H,45,46)(H2,38,41,44)/t23-,29-,31?/m0/s1. The maximum absolute atomic E-state index is 14.0. The number of carboxylic acid groups (broad SMARTS) is 1. The number of hydrogen-bond acceptors (Lipinski definition) is 7. The van der Waals surface area contributed by atoms with E-state index in [2.05, 4.69) is 26.7 Å². The molecule has 266 valence electrons. The summed E-state index contributed by atoms with van der Waals surface area (Å²) in [6, 6.07) is 18.4. The van der Waals surface area contributed by atoms with E-state index in [9.17, 15) is 19.2 Å². The number of ether oxygens (including phenoxy) is 2. The van der Waals surface area contributed by atoms with Gasteiger partial charge in [0.15, 0.2) is 12.9 Å². The van der Waals surface area contributed by atoms with Crippen molar-refractivity contribution in [2.24, 2.45) is 5.92 Å². The normalized spacial score (nSPS) is 12.9. The number of carbonyl (C=O) groups excluding carboxylic acids is 3. The van der Waals surface area contributed by atoms with Crippen molar-refractivity contribution >= 4 is 46.3 Å². The van der Waals surface area contributed by atoms with Crippen molar-refractivity contribution in [1.29, 1.82) is 0 Å². The van der Waals surface area contributed by atoms with Crippen LogP contribution >= 0.6 is 11.6 Å². The SMILES string of the molecule is CCOC(OCC)[C@@H](C)C(NC(=O)[C@H](CCCCNC(=O)O)NC(=O)CONC(=O)NCc1ccc(Cl)cc1)c1cccc2ccccc12. The van der Waals surface area contributed by atoms with E-state index in [1.807, 2.05) is 63.2 Å². The van der Waals surface area contributed by atoms with Crippen molar-refractivity contribution in [3.8, 4) is 0 Å². The van der Waals surface area contributed by atoms with Crippen LogP contribution < -0.4 is 26.7 Å². The zero-order chi connectivity index (χ0) is 35.6. The number of hydroxylamine groups is 1. The lowest BCUT2D eigenvalue weighted by molar-refractivity contribution is -0.170. The molecule has 6 N–H and O–H groups in total. The van der Waals surface area contributed by atoms with Crippen LogP contribution in [-0.2, 0) is 30.4 Å². The third-order valence-corrected chi connectivity index (χ3v) is 7.91. The summed E-state index contributed by atoms with van der Waals surface area (Å²) in [4.78, 5) is 55.1. The highest BCUT2D eigenvalue weighted by Gasteiger charge is 2.33. The Kier molecular flexibility index (Phi) is 16.6. The molecule has 0 aliphatic carbocycles. The van der Waals surface area contributed by atoms with Gasteiger partial charge in [-0.25, -0.2) is 15.1 Å². The molecule has 3 aromatic carbocycles.